The maximum absolute atomic E-state index is 4.71. The number of rotatable bonds is 10. The van der Waals surface area contributed by atoms with Gasteiger partial charge in [0, 0.05) is 30.2 Å². The third-order valence-electron chi connectivity index (χ3n) is 4.53. The van der Waals surface area contributed by atoms with Gasteiger partial charge < -0.3 is 10.6 Å². The monoisotopic (exact) mass is 515 g/mol. The Morgan fingerprint density at radius 2 is 1.86 bits per heavy atom. The minimum Gasteiger partial charge on any atom is -0.357 e. The number of thiazole rings is 1. The van der Waals surface area contributed by atoms with Crippen LogP contribution in [0.3, 0.4) is 0 Å². The molecule has 0 saturated heterocycles. The minimum atomic E-state index is 0. The maximum atomic E-state index is 4.71. The lowest BCUT2D eigenvalue weighted by Crippen LogP contribution is -2.48. The van der Waals surface area contributed by atoms with Gasteiger partial charge in [-0.1, -0.05) is 44.2 Å². The molecule has 5 nitrogen and oxygen atoms in total. The van der Waals surface area contributed by atoms with Gasteiger partial charge in [-0.2, -0.15) is 0 Å². The Bertz CT molecular complexity index is 685. The van der Waals surface area contributed by atoms with Crippen molar-refractivity contribution in [3.8, 4) is 0 Å². The highest BCUT2D eigenvalue weighted by molar-refractivity contribution is 14.0. The van der Waals surface area contributed by atoms with Crippen molar-refractivity contribution in [2.75, 3.05) is 26.2 Å². The van der Waals surface area contributed by atoms with E-state index < -0.39 is 0 Å². The number of guanidine groups is 1. The Morgan fingerprint density at radius 1 is 1.14 bits per heavy atom. The molecule has 28 heavy (non-hydrogen) atoms. The molecule has 0 spiro atoms. The molecule has 156 valence electrons. The first-order chi connectivity index (χ1) is 13.2. The van der Waals surface area contributed by atoms with Crippen LogP contribution in [0.5, 0.6) is 0 Å². The molecule has 2 rings (SSSR count). The number of hydrogen-bond donors (Lipinski definition) is 2. The molecule has 1 aromatic heterocycles. The molecule has 1 atom stereocenters. The van der Waals surface area contributed by atoms with Crippen molar-refractivity contribution in [3.05, 3.63) is 52.0 Å². The van der Waals surface area contributed by atoms with E-state index in [-0.39, 0.29) is 24.0 Å². The standard InChI is InChI=1S/C21H33N5S.HI/c1-5-22-21(25-16-20-23-14-17(4)27-20)24-15-19(26(6-2)7-3)13-18-11-9-8-10-12-18;/h8-12,14,19H,5-7,13,15-16H2,1-4H3,(H2,22,24,25);1H. The lowest BCUT2D eigenvalue weighted by molar-refractivity contribution is 0.215. The van der Waals surface area contributed by atoms with E-state index in [1.165, 1.54) is 10.4 Å². The van der Waals surface area contributed by atoms with E-state index >= 15 is 0 Å². The largest absolute Gasteiger partial charge is 0.357 e. The van der Waals surface area contributed by atoms with E-state index in [0.717, 1.165) is 43.6 Å². The van der Waals surface area contributed by atoms with Gasteiger partial charge in [0.05, 0.1) is 6.54 Å². The molecule has 0 fully saturated rings. The van der Waals surface area contributed by atoms with Crippen molar-refractivity contribution in [1.82, 2.24) is 20.5 Å². The van der Waals surface area contributed by atoms with E-state index in [1.807, 2.05) is 6.20 Å². The SMILES string of the molecule is CCNC(=NCc1ncc(C)s1)NCC(Cc1ccccc1)N(CC)CC.I. The lowest BCUT2D eigenvalue weighted by Gasteiger charge is -2.30. The Morgan fingerprint density at radius 3 is 2.43 bits per heavy atom. The average Bonchev–Trinajstić information content (AvgIpc) is 3.10. The smallest absolute Gasteiger partial charge is 0.191 e. The summed E-state index contributed by atoms with van der Waals surface area (Å²) in [6.45, 7) is 13.0. The first-order valence-electron chi connectivity index (χ1n) is 9.87. The van der Waals surface area contributed by atoms with Gasteiger partial charge in [-0.25, -0.2) is 9.98 Å². The van der Waals surface area contributed by atoms with Crippen LogP contribution in [0.1, 0.15) is 36.2 Å². The topological polar surface area (TPSA) is 52.6 Å². The molecule has 0 aliphatic heterocycles. The van der Waals surface area contributed by atoms with Gasteiger partial charge in [0.15, 0.2) is 5.96 Å². The van der Waals surface area contributed by atoms with Gasteiger partial charge in [-0.15, -0.1) is 35.3 Å². The normalized spacial score (nSPS) is 12.5. The lowest BCUT2D eigenvalue weighted by atomic mass is 10.0. The van der Waals surface area contributed by atoms with E-state index in [1.54, 1.807) is 11.3 Å². The summed E-state index contributed by atoms with van der Waals surface area (Å²) in [6.07, 6.45) is 2.94. The van der Waals surface area contributed by atoms with Gasteiger partial charge in [-0.3, -0.25) is 4.90 Å². The van der Waals surface area contributed by atoms with Crippen LogP contribution in [0.2, 0.25) is 0 Å². The summed E-state index contributed by atoms with van der Waals surface area (Å²) >= 11 is 1.70. The van der Waals surface area contributed by atoms with Gasteiger partial charge in [-0.05, 0) is 38.9 Å². The third kappa shape index (κ3) is 8.45. The fraction of sp³-hybridized carbons (Fsp3) is 0.524. The van der Waals surface area contributed by atoms with Crippen molar-refractivity contribution in [2.24, 2.45) is 4.99 Å². The number of nitrogens with zero attached hydrogens (tertiary/aromatic N) is 3. The number of hydrogen-bond acceptors (Lipinski definition) is 4. The number of benzene rings is 1. The van der Waals surface area contributed by atoms with E-state index in [2.05, 4.69) is 78.5 Å². The highest BCUT2D eigenvalue weighted by Crippen LogP contribution is 2.12. The number of aliphatic imine (C=N–C) groups is 1. The molecule has 0 aliphatic carbocycles. The number of nitrogens with one attached hydrogen (secondary N) is 2. The molecule has 0 bridgehead atoms. The second-order valence-corrected chi connectivity index (χ2v) is 7.82. The van der Waals surface area contributed by atoms with Crippen molar-refractivity contribution in [3.63, 3.8) is 0 Å². The molecule has 0 saturated carbocycles. The Kier molecular flexibility index (Phi) is 12.3. The fourth-order valence-electron chi connectivity index (χ4n) is 3.13. The van der Waals surface area contributed by atoms with E-state index in [0.29, 0.717) is 12.6 Å². The highest BCUT2D eigenvalue weighted by Gasteiger charge is 2.17. The van der Waals surface area contributed by atoms with Crippen molar-refractivity contribution in [2.45, 2.75) is 46.7 Å². The molecule has 1 heterocycles. The molecule has 2 aromatic rings. The average molecular weight is 516 g/mol. The van der Waals surface area contributed by atoms with Gasteiger partial charge in [0.2, 0.25) is 0 Å². The second-order valence-electron chi connectivity index (χ2n) is 6.51. The molecular weight excluding hydrogens is 481 g/mol. The van der Waals surface area contributed by atoms with Gasteiger partial charge >= 0.3 is 0 Å². The van der Waals surface area contributed by atoms with Crippen LogP contribution < -0.4 is 10.6 Å². The van der Waals surface area contributed by atoms with Crippen molar-refractivity contribution in [1.29, 1.82) is 0 Å². The fourth-order valence-corrected chi connectivity index (χ4v) is 3.85. The highest BCUT2D eigenvalue weighted by atomic mass is 127. The summed E-state index contributed by atoms with van der Waals surface area (Å²) < 4.78 is 0. The number of halogens is 1. The molecule has 0 aliphatic rings. The van der Waals surface area contributed by atoms with Crippen LogP contribution in [0.15, 0.2) is 41.5 Å². The van der Waals surface area contributed by atoms with Crippen LogP contribution in [-0.2, 0) is 13.0 Å². The van der Waals surface area contributed by atoms with Crippen LogP contribution in [-0.4, -0.2) is 48.1 Å². The van der Waals surface area contributed by atoms with Gasteiger partial charge in [0.25, 0.3) is 0 Å². The van der Waals surface area contributed by atoms with Crippen molar-refractivity contribution >= 4 is 41.3 Å². The first-order valence-corrected chi connectivity index (χ1v) is 10.7. The van der Waals surface area contributed by atoms with Crippen LogP contribution >= 0.6 is 35.3 Å². The first kappa shape index (κ1) is 24.8. The summed E-state index contributed by atoms with van der Waals surface area (Å²) in [7, 11) is 0. The molecule has 1 unspecified atom stereocenters. The third-order valence-corrected chi connectivity index (χ3v) is 5.43. The van der Waals surface area contributed by atoms with Crippen molar-refractivity contribution < 1.29 is 0 Å². The zero-order valence-corrected chi connectivity index (χ0v) is 20.6. The molecule has 2 N–H and O–H groups in total. The molecule has 0 amide bonds. The summed E-state index contributed by atoms with van der Waals surface area (Å²) in [5.74, 6) is 0.857. The zero-order valence-electron chi connectivity index (χ0n) is 17.4. The Hall–Kier alpha value is -1.19. The summed E-state index contributed by atoms with van der Waals surface area (Å²) in [6, 6.07) is 11.1. The molecular formula is C21H34IN5S. The summed E-state index contributed by atoms with van der Waals surface area (Å²) in [5, 5.41) is 7.94. The van der Waals surface area contributed by atoms with Crippen LogP contribution in [0.25, 0.3) is 0 Å². The van der Waals surface area contributed by atoms with Gasteiger partial charge in [0.1, 0.15) is 5.01 Å². The Labute approximate surface area is 191 Å². The predicted octanol–water partition coefficient (Wildman–Crippen LogP) is 4.08. The zero-order chi connectivity index (χ0) is 19.5. The molecule has 7 heteroatoms. The molecule has 0 radical (unpaired) electrons. The molecule has 1 aromatic carbocycles. The number of aromatic nitrogens is 1. The number of likely N-dealkylation sites (N-methyl/N-ethyl adjacent to an activating group) is 1. The van der Waals surface area contributed by atoms with Crippen LogP contribution in [0.4, 0.5) is 0 Å². The minimum absolute atomic E-state index is 0. The number of aryl methyl sites for hydroxylation is 1. The van der Waals surface area contributed by atoms with Crippen LogP contribution in [0, 0.1) is 6.92 Å². The summed E-state index contributed by atoms with van der Waals surface area (Å²) in [5.41, 5.74) is 1.37. The summed E-state index contributed by atoms with van der Waals surface area (Å²) in [4.78, 5) is 12.8. The Balaban J connectivity index is 0.00000392. The second kappa shape index (κ2) is 13.9. The van der Waals surface area contributed by atoms with E-state index in [4.69, 9.17) is 4.99 Å². The predicted molar refractivity (Wildman–Crippen MR) is 132 cm³/mol. The quantitative estimate of drug-likeness (QED) is 0.285. The maximum Gasteiger partial charge on any atom is 0.191 e. The van der Waals surface area contributed by atoms with E-state index in [9.17, 15) is 0 Å².